The van der Waals surface area contributed by atoms with E-state index in [-0.39, 0.29) is 17.9 Å². The first-order valence-corrected chi connectivity index (χ1v) is 11.3. The predicted molar refractivity (Wildman–Crippen MR) is 116 cm³/mol. The Labute approximate surface area is 179 Å². The zero-order chi connectivity index (χ0) is 20.5. The molecule has 4 heterocycles. The van der Waals surface area contributed by atoms with Gasteiger partial charge >= 0.3 is 0 Å². The molecule has 2 aromatic heterocycles. The molecule has 2 saturated heterocycles. The molecule has 6 nitrogen and oxygen atoms in total. The smallest absolute Gasteiger partial charge is 0.263 e. The molecule has 3 aromatic rings. The number of para-hydroxylation sites is 1. The van der Waals surface area contributed by atoms with Gasteiger partial charge in [-0.2, -0.15) is 5.10 Å². The van der Waals surface area contributed by atoms with Crippen molar-refractivity contribution < 1.29 is 9.59 Å². The number of likely N-dealkylation sites (tertiary alicyclic amines) is 2. The summed E-state index contributed by atoms with van der Waals surface area (Å²) in [6.07, 6.45) is 6.44. The van der Waals surface area contributed by atoms with Gasteiger partial charge in [-0.3, -0.25) is 9.59 Å². The summed E-state index contributed by atoms with van der Waals surface area (Å²) in [6.45, 7) is 2.20. The largest absolute Gasteiger partial charge is 0.338 e. The van der Waals surface area contributed by atoms with Crippen LogP contribution in [0.2, 0.25) is 0 Å². The second-order valence-electron chi connectivity index (χ2n) is 7.95. The number of hydrogen-bond acceptors (Lipinski definition) is 4. The molecule has 2 aliphatic rings. The van der Waals surface area contributed by atoms with Crippen LogP contribution in [-0.4, -0.2) is 57.1 Å². The summed E-state index contributed by atoms with van der Waals surface area (Å²) in [4.78, 5) is 31.2. The van der Waals surface area contributed by atoms with Gasteiger partial charge in [-0.1, -0.05) is 18.2 Å². The van der Waals surface area contributed by atoms with E-state index >= 15 is 0 Å². The molecule has 2 atom stereocenters. The van der Waals surface area contributed by atoms with Gasteiger partial charge in [0.15, 0.2) is 0 Å². The summed E-state index contributed by atoms with van der Waals surface area (Å²) in [5.41, 5.74) is 1.49. The predicted octanol–water partition coefficient (Wildman–Crippen LogP) is 3.70. The quantitative estimate of drug-likeness (QED) is 0.649. The minimum absolute atomic E-state index is 0.0637. The molecule has 30 heavy (non-hydrogen) atoms. The third-order valence-electron chi connectivity index (χ3n) is 6.23. The SMILES string of the molecule is O=C(c1cccs1)N1CC[C@H]2[C@H](CCCN2C(=O)c2ccccc2-n2cccn2)C1. The van der Waals surface area contributed by atoms with Crippen molar-refractivity contribution in [1.29, 1.82) is 0 Å². The second kappa shape index (κ2) is 8.07. The maximum Gasteiger partial charge on any atom is 0.263 e. The van der Waals surface area contributed by atoms with Crippen molar-refractivity contribution in [2.75, 3.05) is 19.6 Å². The maximum absolute atomic E-state index is 13.6. The fraction of sp³-hybridized carbons (Fsp3) is 0.348. The molecular weight excluding hydrogens is 396 g/mol. The molecule has 5 rings (SSSR count). The van der Waals surface area contributed by atoms with Crippen LogP contribution in [0, 0.1) is 5.92 Å². The van der Waals surface area contributed by atoms with Crippen LogP contribution < -0.4 is 0 Å². The van der Waals surface area contributed by atoms with Crippen LogP contribution in [0.1, 0.15) is 39.3 Å². The molecule has 2 aliphatic heterocycles. The van der Waals surface area contributed by atoms with Crippen molar-refractivity contribution in [3.05, 3.63) is 70.7 Å². The van der Waals surface area contributed by atoms with Crippen LogP contribution in [0.15, 0.2) is 60.2 Å². The van der Waals surface area contributed by atoms with Gasteiger partial charge in [0.2, 0.25) is 0 Å². The maximum atomic E-state index is 13.6. The summed E-state index contributed by atoms with van der Waals surface area (Å²) in [5, 5.41) is 6.26. The molecule has 1 aromatic carbocycles. The summed E-state index contributed by atoms with van der Waals surface area (Å²) in [5.74, 6) is 0.516. The Morgan fingerprint density at radius 1 is 1.00 bits per heavy atom. The molecule has 0 N–H and O–H groups in total. The molecular formula is C23H24N4O2S. The van der Waals surface area contributed by atoms with Gasteiger partial charge in [0.05, 0.1) is 16.1 Å². The van der Waals surface area contributed by atoms with E-state index < -0.39 is 0 Å². The van der Waals surface area contributed by atoms with Crippen molar-refractivity contribution in [2.45, 2.75) is 25.3 Å². The van der Waals surface area contributed by atoms with Gasteiger partial charge in [-0.25, -0.2) is 4.68 Å². The number of fused-ring (bicyclic) bond motifs is 1. The summed E-state index contributed by atoms with van der Waals surface area (Å²) >= 11 is 1.49. The molecule has 7 heteroatoms. The van der Waals surface area contributed by atoms with Crippen molar-refractivity contribution in [1.82, 2.24) is 19.6 Å². The van der Waals surface area contributed by atoms with E-state index in [1.807, 2.05) is 63.8 Å². The second-order valence-corrected chi connectivity index (χ2v) is 8.90. The molecule has 0 spiro atoms. The van der Waals surface area contributed by atoms with Gasteiger partial charge in [0, 0.05) is 38.1 Å². The van der Waals surface area contributed by atoms with E-state index in [0.29, 0.717) is 18.0 Å². The van der Waals surface area contributed by atoms with Crippen molar-refractivity contribution >= 4 is 23.2 Å². The standard InChI is InChI=1S/C23H24N4O2S/c28-22(18-7-1-2-8-20(18)27-13-5-11-24-27)26-12-3-6-17-16-25(14-10-19(17)26)23(29)21-9-4-15-30-21/h1-2,4-5,7-9,11,13,15,17,19H,3,6,10,12,14,16H2/t17-,19+/m1/s1. The minimum Gasteiger partial charge on any atom is -0.338 e. The highest BCUT2D eigenvalue weighted by atomic mass is 32.1. The normalized spacial score (nSPS) is 21.3. The number of carbonyl (C=O) groups excluding carboxylic acids is 2. The van der Waals surface area contributed by atoms with Crippen LogP contribution in [0.5, 0.6) is 0 Å². The first kappa shape index (κ1) is 19.1. The molecule has 2 fully saturated rings. The Bertz CT molecular complexity index is 1030. The third-order valence-corrected chi connectivity index (χ3v) is 7.09. The Morgan fingerprint density at radius 3 is 2.70 bits per heavy atom. The first-order chi connectivity index (χ1) is 14.7. The monoisotopic (exact) mass is 420 g/mol. The summed E-state index contributed by atoms with van der Waals surface area (Å²) in [7, 11) is 0. The van der Waals surface area contributed by atoms with E-state index in [0.717, 1.165) is 42.9 Å². The van der Waals surface area contributed by atoms with Gasteiger partial charge in [0.25, 0.3) is 11.8 Å². The lowest BCUT2D eigenvalue weighted by atomic mass is 9.83. The van der Waals surface area contributed by atoms with Gasteiger partial charge in [0.1, 0.15) is 0 Å². The molecule has 0 aliphatic carbocycles. The molecule has 0 radical (unpaired) electrons. The Morgan fingerprint density at radius 2 is 1.90 bits per heavy atom. The number of hydrogen-bond donors (Lipinski definition) is 0. The number of aromatic nitrogens is 2. The lowest BCUT2D eigenvalue weighted by molar-refractivity contribution is 0.0199. The van der Waals surface area contributed by atoms with E-state index in [9.17, 15) is 9.59 Å². The average molecular weight is 421 g/mol. The van der Waals surface area contributed by atoms with Crippen LogP contribution in [0.4, 0.5) is 0 Å². The number of piperidine rings is 2. The Kier molecular flexibility index (Phi) is 5.12. The fourth-order valence-electron chi connectivity index (χ4n) is 4.82. The lowest BCUT2D eigenvalue weighted by Gasteiger charge is -2.47. The van der Waals surface area contributed by atoms with Gasteiger partial charge in [-0.15, -0.1) is 11.3 Å². The number of amides is 2. The summed E-state index contributed by atoms with van der Waals surface area (Å²) < 4.78 is 1.75. The van der Waals surface area contributed by atoms with Gasteiger partial charge < -0.3 is 9.80 Å². The number of rotatable bonds is 3. The van der Waals surface area contributed by atoms with Crippen LogP contribution in [0.3, 0.4) is 0 Å². The Hall–Kier alpha value is -2.93. The van der Waals surface area contributed by atoms with E-state index in [4.69, 9.17) is 0 Å². The average Bonchev–Trinajstić information content (AvgIpc) is 3.52. The van der Waals surface area contributed by atoms with Crippen LogP contribution >= 0.6 is 11.3 Å². The number of nitrogens with zero attached hydrogens (tertiary/aromatic N) is 4. The number of benzene rings is 1. The van der Waals surface area contributed by atoms with E-state index in [1.54, 1.807) is 10.9 Å². The first-order valence-electron chi connectivity index (χ1n) is 10.4. The summed E-state index contributed by atoms with van der Waals surface area (Å²) in [6, 6.07) is 13.5. The molecule has 0 unspecified atom stereocenters. The highest BCUT2D eigenvalue weighted by Gasteiger charge is 2.40. The third kappa shape index (κ3) is 3.43. The van der Waals surface area contributed by atoms with E-state index in [2.05, 4.69) is 5.10 Å². The minimum atomic E-state index is 0.0637. The number of thiophene rings is 1. The lowest BCUT2D eigenvalue weighted by Crippen LogP contribution is -2.56. The molecule has 0 bridgehead atoms. The van der Waals surface area contributed by atoms with E-state index in [1.165, 1.54) is 11.3 Å². The number of carbonyl (C=O) groups is 2. The van der Waals surface area contributed by atoms with Crippen molar-refractivity contribution in [3.63, 3.8) is 0 Å². The fourth-order valence-corrected chi connectivity index (χ4v) is 5.51. The van der Waals surface area contributed by atoms with Crippen molar-refractivity contribution in [2.24, 2.45) is 5.92 Å². The Balaban J connectivity index is 1.36. The van der Waals surface area contributed by atoms with Crippen molar-refractivity contribution in [3.8, 4) is 5.69 Å². The zero-order valence-corrected chi connectivity index (χ0v) is 17.5. The highest BCUT2D eigenvalue weighted by molar-refractivity contribution is 7.12. The van der Waals surface area contributed by atoms with Crippen LogP contribution in [-0.2, 0) is 0 Å². The van der Waals surface area contributed by atoms with Gasteiger partial charge in [-0.05, 0) is 54.8 Å². The topological polar surface area (TPSA) is 58.4 Å². The molecule has 2 amide bonds. The highest BCUT2D eigenvalue weighted by Crippen LogP contribution is 2.33. The zero-order valence-electron chi connectivity index (χ0n) is 16.7. The molecule has 154 valence electrons. The van der Waals surface area contributed by atoms with Crippen LogP contribution in [0.25, 0.3) is 5.69 Å². The molecule has 0 saturated carbocycles.